The molecule has 2 rings (SSSR count). The van der Waals surface area contributed by atoms with E-state index in [-0.39, 0.29) is 14.0 Å². The summed E-state index contributed by atoms with van der Waals surface area (Å²) in [7, 11) is 0. The smallest absolute Gasteiger partial charge is 0.104 e. The second kappa shape index (κ2) is 13.0. The molecule has 0 saturated carbocycles. The number of hydrogen-bond acceptors (Lipinski definition) is 1. The van der Waals surface area contributed by atoms with Crippen molar-refractivity contribution < 1.29 is 5.11 Å². The first-order valence-corrected chi connectivity index (χ1v) is 7.23. The van der Waals surface area contributed by atoms with E-state index in [0.29, 0.717) is 0 Å². The van der Waals surface area contributed by atoms with Gasteiger partial charge in [-0.05, 0) is 24.3 Å². The predicted octanol–water partition coefficient (Wildman–Crippen LogP) is 4.10. The third-order valence-corrected chi connectivity index (χ3v) is 2.44. The third kappa shape index (κ3) is 9.52. The van der Waals surface area contributed by atoms with E-state index in [1.165, 1.54) is 0 Å². The van der Waals surface area contributed by atoms with E-state index in [2.05, 4.69) is 39.6 Å². The molecule has 0 saturated heterocycles. The van der Waals surface area contributed by atoms with E-state index in [4.69, 9.17) is 5.11 Å². The molecule has 2 aromatic carbocycles. The first-order valence-electron chi connectivity index (χ1n) is 6.11. The molecule has 21 heavy (non-hydrogen) atoms. The average molecular weight is 343 g/mol. The normalized spacial score (nSPS) is 7.71. The Kier molecular flexibility index (Phi) is 11.8. The summed E-state index contributed by atoms with van der Waals surface area (Å²) in [6.45, 7) is -0.0745. The summed E-state index contributed by atoms with van der Waals surface area (Å²) in [4.78, 5) is 0. The minimum absolute atomic E-state index is 0. The number of alkyl halides is 1. The highest BCUT2D eigenvalue weighted by Crippen LogP contribution is 1.95. The number of rotatable bonds is 0. The second-order valence-electron chi connectivity index (χ2n) is 3.63. The Morgan fingerprint density at radius 2 is 1.19 bits per heavy atom. The zero-order chi connectivity index (χ0) is 14.5. The molecule has 0 aliphatic rings. The Balaban J connectivity index is 0.000000364. The summed E-state index contributed by atoms with van der Waals surface area (Å²) in [5.41, 5.74) is 2.01. The van der Waals surface area contributed by atoms with E-state index in [1.807, 2.05) is 60.7 Å². The lowest BCUT2D eigenvalue weighted by Gasteiger charge is -1.84. The number of hydrogen-bond donors (Lipinski definition) is 1. The van der Waals surface area contributed by atoms with Gasteiger partial charge < -0.3 is 5.11 Å². The molecule has 2 heteroatoms. The van der Waals surface area contributed by atoms with Crippen LogP contribution in [0.5, 0.6) is 0 Å². The van der Waals surface area contributed by atoms with Crippen molar-refractivity contribution in [1.82, 2.24) is 0 Å². The first kappa shape index (κ1) is 19.0. The minimum atomic E-state index is -0.0745. The van der Waals surface area contributed by atoms with Crippen molar-refractivity contribution in [3.8, 4) is 23.7 Å². The van der Waals surface area contributed by atoms with Gasteiger partial charge in [0.1, 0.15) is 6.61 Å². The van der Waals surface area contributed by atoms with Gasteiger partial charge in [-0.15, -0.1) is 0 Å². The van der Waals surface area contributed by atoms with Crippen molar-refractivity contribution in [2.75, 3.05) is 11.9 Å². The second-order valence-corrected chi connectivity index (χ2v) is 4.19. The topological polar surface area (TPSA) is 20.2 Å². The van der Waals surface area contributed by atoms with Crippen LogP contribution in [-0.2, 0) is 0 Å². The van der Waals surface area contributed by atoms with E-state index >= 15 is 0 Å². The van der Waals surface area contributed by atoms with Gasteiger partial charge >= 0.3 is 0 Å². The Hall–Kier alpha value is -2.00. The van der Waals surface area contributed by atoms with Crippen LogP contribution in [0.1, 0.15) is 18.6 Å². The van der Waals surface area contributed by atoms with Crippen molar-refractivity contribution >= 4 is 15.9 Å². The van der Waals surface area contributed by atoms with Crippen LogP contribution in [0.25, 0.3) is 0 Å². The highest BCUT2D eigenvalue weighted by molar-refractivity contribution is 9.09. The van der Waals surface area contributed by atoms with Gasteiger partial charge in [-0.1, -0.05) is 83.4 Å². The predicted molar refractivity (Wildman–Crippen MR) is 94.3 cm³/mol. The van der Waals surface area contributed by atoms with Crippen molar-refractivity contribution in [2.45, 2.75) is 7.43 Å². The summed E-state index contributed by atoms with van der Waals surface area (Å²) < 4.78 is 0. The molecular formula is C19H19BrO. The number of aliphatic hydroxyl groups is 1. The van der Waals surface area contributed by atoms with Gasteiger partial charge in [0.15, 0.2) is 0 Å². The molecule has 1 nitrogen and oxygen atoms in total. The molecular weight excluding hydrogens is 324 g/mol. The monoisotopic (exact) mass is 342 g/mol. The molecule has 0 amide bonds. The molecule has 108 valence electrons. The standard InChI is InChI=1S/C9H7Br.C9H8O.CH4/c2*10-8-4-7-9-5-2-1-3-6-9;/h1-3,5-6H,8H2;1-3,5-6,10H,8H2;1H4. The largest absolute Gasteiger partial charge is 0.384 e. The lowest BCUT2D eigenvalue weighted by atomic mass is 10.2. The SMILES string of the molecule is BrCC#Cc1ccccc1.C.OCC#Cc1ccccc1. The molecule has 0 spiro atoms. The first-order chi connectivity index (χ1) is 9.86. The lowest BCUT2D eigenvalue weighted by Crippen LogP contribution is -1.74. The number of aliphatic hydroxyl groups excluding tert-OH is 1. The molecule has 0 aliphatic heterocycles. The van der Waals surface area contributed by atoms with Crippen LogP contribution < -0.4 is 0 Å². The summed E-state index contributed by atoms with van der Waals surface area (Å²) in [5, 5.41) is 9.09. The van der Waals surface area contributed by atoms with Crippen molar-refractivity contribution in [1.29, 1.82) is 0 Å². The Morgan fingerprint density at radius 1 is 0.762 bits per heavy atom. The van der Waals surface area contributed by atoms with Crippen LogP contribution >= 0.6 is 15.9 Å². The third-order valence-electron chi connectivity index (χ3n) is 2.16. The molecule has 0 heterocycles. The van der Waals surface area contributed by atoms with Gasteiger partial charge in [0.25, 0.3) is 0 Å². The van der Waals surface area contributed by atoms with Gasteiger partial charge in [0.05, 0.1) is 5.33 Å². The molecule has 0 aliphatic carbocycles. The van der Waals surface area contributed by atoms with Gasteiger partial charge in [-0.2, -0.15) is 0 Å². The summed E-state index contributed by atoms with van der Waals surface area (Å²) >= 11 is 3.23. The van der Waals surface area contributed by atoms with Gasteiger partial charge in [-0.3, -0.25) is 0 Å². The summed E-state index contributed by atoms with van der Waals surface area (Å²) in [5.74, 6) is 11.3. The van der Waals surface area contributed by atoms with Crippen LogP contribution in [0.2, 0.25) is 0 Å². The molecule has 0 fully saturated rings. The molecule has 0 atom stereocenters. The maximum Gasteiger partial charge on any atom is 0.104 e. The fourth-order valence-electron chi connectivity index (χ4n) is 1.32. The molecule has 2 aromatic rings. The molecule has 0 radical (unpaired) electrons. The number of halogens is 1. The van der Waals surface area contributed by atoms with Crippen molar-refractivity contribution in [2.24, 2.45) is 0 Å². The van der Waals surface area contributed by atoms with Crippen LogP contribution in [0, 0.1) is 23.7 Å². The summed E-state index contributed by atoms with van der Waals surface area (Å²) in [6.07, 6.45) is 0. The van der Waals surface area contributed by atoms with Gasteiger partial charge in [0.2, 0.25) is 0 Å². The van der Waals surface area contributed by atoms with Crippen LogP contribution in [0.15, 0.2) is 60.7 Å². The van der Waals surface area contributed by atoms with E-state index < -0.39 is 0 Å². The Bertz CT molecular complexity index is 540. The van der Waals surface area contributed by atoms with Crippen LogP contribution in [0.3, 0.4) is 0 Å². The van der Waals surface area contributed by atoms with E-state index in [0.717, 1.165) is 16.5 Å². The molecule has 1 N–H and O–H groups in total. The van der Waals surface area contributed by atoms with Gasteiger partial charge in [0, 0.05) is 11.1 Å². The zero-order valence-electron chi connectivity index (χ0n) is 11.0. The van der Waals surface area contributed by atoms with E-state index in [1.54, 1.807) is 0 Å². The lowest BCUT2D eigenvalue weighted by molar-refractivity contribution is 0.350. The molecule has 0 unspecified atom stereocenters. The van der Waals surface area contributed by atoms with Crippen molar-refractivity contribution in [3.05, 3.63) is 71.8 Å². The zero-order valence-corrected chi connectivity index (χ0v) is 12.6. The fourth-order valence-corrected chi connectivity index (χ4v) is 1.46. The van der Waals surface area contributed by atoms with Crippen molar-refractivity contribution in [3.63, 3.8) is 0 Å². The van der Waals surface area contributed by atoms with Crippen LogP contribution in [0.4, 0.5) is 0 Å². The maximum absolute atomic E-state index is 8.35. The Morgan fingerprint density at radius 3 is 1.57 bits per heavy atom. The Labute approximate surface area is 136 Å². The minimum Gasteiger partial charge on any atom is -0.384 e. The quantitative estimate of drug-likeness (QED) is 0.564. The van der Waals surface area contributed by atoms with E-state index in [9.17, 15) is 0 Å². The number of benzene rings is 2. The van der Waals surface area contributed by atoms with Crippen LogP contribution in [-0.4, -0.2) is 17.0 Å². The summed E-state index contributed by atoms with van der Waals surface area (Å²) in [6, 6.07) is 19.5. The maximum atomic E-state index is 8.35. The highest BCUT2D eigenvalue weighted by atomic mass is 79.9. The molecule has 0 bridgehead atoms. The average Bonchev–Trinajstić information content (AvgIpc) is 2.53. The van der Waals surface area contributed by atoms with Gasteiger partial charge in [-0.25, -0.2) is 0 Å². The highest BCUT2D eigenvalue weighted by Gasteiger charge is 1.79. The fraction of sp³-hybridized carbons (Fsp3) is 0.158. The molecule has 0 aromatic heterocycles.